The normalized spacial score (nSPS) is 19.3. The number of hydrogen-bond donors (Lipinski definition) is 0. The number of anilines is 1. The van der Waals surface area contributed by atoms with E-state index in [1.807, 2.05) is 32.9 Å². The summed E-state index contributed by atoms with van der Waals surface area (Å²) in [7, 11) is 0. The van der Waals surface area contributed by atoms with E-state index < -0.39 is 6.04 Å². The van der Waals surface area contributed by atoms with Gasteiger partial charge in [0.1, 0.15) is 6.04 Å². The molecule has 5 heteroatoms. The lowest BCUT2D eigenvalue weighted by Gasteiger charge is -2.40. The van der Waals surface area contributed by atoms with E-state index in [-0.39, 0.29) is 17.7 Å². The number of halogens is 1. The SMILES string of the molecule is Cc1ccc(N2CCN(C(=O)C(C)C)[C@@H](C)C2=O)cc1Cl. The summed E-state index contributed by atoms with van der Waals surface area (Å²) in [4.78, 5) is 28.1. The van der Waals surface area contributed by atoms with Gasteiger partial charge >= 0.3 is 0 Å². The van der Waals surface area contributed by atoms with Crippen LogP contribution in [0.3, 0.4) is 0 Å². The Morgan fingerprint density at radius 1 is 1.33 bits per heavy atom. The van der Waals surface area contributed by atoms with Gasteiger partial charge in [0.05, 0.1) is 0 Å². The Balaban J connectivity index is 2.21. The van der Waals surface area contributed by atoms with E-state index in [4.69, 9.17) is 11.6 Å². The van der Waals surface area contributed by atoms with Crippen LogP contribution in [0.15, 0.2) is 18.2 Å². The largest absolute Gasteiger partial charge is 0.329 e. The number of carbonyl (C=O) groups is 2. The summed E-state index contributed by atoms with van der Waals surface area (Å²) >= 11 is 6.14. The molecule has 0 unspecified atom stereocenters. The van der Waals surface area contributed by atoms with E-state index in [2.05, 4.69) is 0 Å². The second-order valence-electron chi connectivity index (χ2n) is 5.79. The minimum atomic E-state index is -0.436. The Kier molecular flexibility index (Phi) is 4.57. The van der Waals surface area contributed by atoms with Crippen LogP contribution in [0.5, 0.6) is 0 Å². The number of piperazine rings is 1. The molecule has 1 atom stereocenters. The Hall–Kier alpha value is -1.55. The standard InChI is InChI=1S/C16H21ClN2O2/c1-10(2)15(20)18-7-8-19(16(21)12(18)4)13-6-5-11(3)14(17)9-13/h5-6,9-10,12H,7-8H2,1-4H3/t12-/m0/s1. The van der Waals surface area contributed by atoms with Crippen molar-refractivity contribution in [3.05, 3.63) is 28.8 Å². The van der Waals surface area contributed by atoms with Gasteiger partial charge in [0.25, 0.3) is 0 Å². The number of nitrogens with zero attached hydrogens (tertiary/aromatic N) is 2. The molecule has 0 radical (unpaired) electrons. The van der Waals surface area contributed by atoms with E-state index in [0.29, 0.717) is 18.1 Å². The van der Waals surface area contributed by atoms with E-state index in [1.54, 1.807) is 22.8 Å². The number of hydrogen-bond acceptors (Lipinski definition) is 2. The first-order valence-electron chi connectivity index (χ1n) is 7.21. The van der Waals surface area contributed by atoms with E-state index in [0.717, 1.165) is 11.3 Å². The molecule has 1 aromatic rings. The Labute approximate surface area is 130 Å². The van der Waals surface area contributed by atoms with Crippen molar-refractivity contribution in [1.29, 1.82) is 0 Å². The van der Waals surface area contributed by atoms with Crippen molar-refractivity contribution in [2.45, 2.75) is 33.7 Å². The van der Waals surface area contributed by atoms with Gasteiger partial charge in [-0.1, -0.05) is 31.5 Å². The number of rotatable bonds is 2. The van der Waals surface area contributed by atoms with Crippen molar-refractivity contribution >= 4 is 29.1 Å². The zero-order valence-electron chi connectivity index (χ0n) is 12.9. The third-order valence-electron chi connectivity index (χ3n) is 3.90. The van der Waals surface area contributed by atoms with Gasteiger partial charge in [0.15, 0.2) is 0 Å². The first-order chi connectivity index (χ1) is 9.82. The molecule has 1 fully saturated rings. The maximum atomic E-state index is 12.5. The highest BCUT2D eigenvalue weighted by atomic mass is 35.5. The molecule has 0 N–H and O–H groups in total. The molecule has 4 nitrogen and oxygen atoms in total. The van der Waals surface area contributed by atoms with Crippen LogP contribution < -0.4 is 4.90 Å². The molecule has 1 aromatic carbocycles. The third-order valence-corrected chi connectivity index (χ3v) is 4.31. The Morgan fingerprint density at radius 3 is 2.57 bits per heavy atom. The van der Waals surface area contributed by atoms with E-state index in [9.17, 15) is 9.59 Å². The molecular weight excluding hydrogens is 288 g/mol. The number of amides is 2. The van der Waals surface area contributed by atoms with Crippen molar-refractivity contribution in [2.75, 3.05) is 18.0 Å². The van der Waals surface area contributed by atoms with E-state index >= 15 is 0 Å². The molecule has 0 saturated carbocycles. The minimum Gasteiger partial charge on any atom is -0.329 e. The van der Waals surface area contributed by atoms with Gasteiger partial charge in [-0.25, -0.2) is 0 Å². The van der Waals surface area contributed by atoms with Gasteiger partial charge in [-0.3, -0.25) is 9.59 Å². The second kappa shape index (κ2) is 6.06. The number of benzene rings is 1. The Morgan fingerprint density at radius 2 is 2.00 bits per heavy atom. The quantitative estimate of drug-likeness (QED) is 0.843. The predicted octanol–water partition coefficient (Wildman–Crippen LogP) is 2.87. The zero-order chi connectivity index (χ0) is 15.7. The predicted molar refractivity (Wildman–Crippen MR) is 84.6 cm³/mol. The molecule has 1 heterocycles. The summed E-state index contributed by atoms with van der Waals surface area (Å²) < 4.78 is 0. The van der Waals surface area contributed by atoms with Crippen LogP contribution in [-0.4, -0.2) is 35.8 Å². The highest BCUT2D eigenvalue weighted by Crippen LogP contribution is 2.26. The smallest absolute Gasteiger partial charge is 0.249 e. The van der Waals surface area contributed by atoms with Crippen LogP contribution in [0, 0.1) is 12.8 Å². The summed E-state index contributed by atoms with van der Waals surface area (Å²) in [6.07, 6.45) is 0. The fourth-order valence-corrected chi connectivity index (χ4v) is 2.68. The maximum Gasteiger partial charge on any atom is 0.249 e. The molecule has 1 aliphatic heterocycles. The van der Waals surface area contributed by atoms with Gasteiger partial charge in [-0.15, -0.1) is 0 Å². The highest BCUT2D eigenvalue weighted by molar-refractivity contribution is 6.31. The van der Waals surface area contributed by atoms with Crippen LogP contribution in [0.1, 0.15) is 26.3 Å². The first kappa shape index (κ1) is 15.8. The fraction of sp³-hybridized carbons (Fsp3) is 0.500. The maximum absolute atomic E-state index is 12.5. The molecule has 2 rings (SSSR count). The topological polar surface area (TPSA) is 40.6 Å². The van der Waals surface area contributed by atoms with Gasteiger partial charge in [0.2, 0.25) is 11.8 Å². The lowest BCUT2D eigenvalue weighted by atomic mass is 10.1. The number of carbonyl (C=O) groups excluding carboxylic acids is 2. The first-order valence-corrected chi connectivity index (χ1v) is 7.58. The molecule has 0 aliphatic carbocycles. The molecule has 2 amide bonds. The van der Waals surface area contributed by atoms with Gasteiger partial charge < -0.3 is 9.80 Å². The fourth-order valence-electron chi connectivity index (χ4n) is 2.51. The minimum absolute atomic E-state index is 0.0254. The summed E-state index contributed by atoms with van der Waals surface area (Å²) in [5, 5.41) is 0.647. The van der Waals surface area contributed by atoms with Crippen molar-refractivity contribution in [3.63, 3.8) is 0 Å². The lowest BCUT2D eigenvalue weighted by molar-refractivity contribution is -0.143. The molecule has 0 spiro atoms. The van der Waals surface area contributed by atoms with Gasteiger partial charge in [-0.05, 0) is 31.5 Å². The Bertz CT molecular complexity index is 571. The van der Waals surface area contributed by atoms with Gasteiger partial charge in [0, 0.05) is 29.7 Å². The average molecular weight is 309 g/mol. The molecule has 1 aliphatic rings. The van der Waals surface area contributed by atoms with Crippen LogP contribution in [0.2, 0.25) is 5.02 Å². The molecule has 0 bridgehead atoms. The van der Waals surface area contributed by atoms with Crippen LogP contribution in [-0.2, 0) is 9.59 Å². The van der Waals surface area contributed by atoms with Crippen LogP contribution in [0.4, 0.5) is 5.69 Å². The van der Waals surface area contributed by atoms with Crippen LogP contribution in [0.25, 0.3) is 0 Å². The molecule has 21 heavy (non-hydrogen) atoms. The van der Waals surface area contributed by atoms with Crippen molar-refractivity contribution < 1.29 is 9.59 Å². The van der Waals surface area contributed by atoms with Gasteiger partial charge in [-0.2, -0.15) is 0 Å². The third kappa shape index (κ3) is 3.05. The summed E-state index contributed by atoms with van der Waals surface area (Å²) in [5.74, 6) is -0.131. The molecule has 0 aromatic heterocycles. The van der Waals surface area contributed by atoms with Crippen molar-refractivity contribution in [3.8, 4) is 0 Å². The monoisotopic (exact) mass is 308 g/mol. The molecular formula is C16H21ClN2O2. The number of aryl methyl sites for hydroxylation is 1. The van der Waals surface area contributed by atoms with Crippen molar-refractivity contribution in [2.24, 2.45) is 5.92 Å². The average Bonchev–Trinajstić information content (AvgIpc) is 2.44. The zero-order valence-corrected chi connectivity index (χ0v) is 13.6. The molecule has 1 saturated heterocycles. The van der Waals surface area contributed by atoms with Crippen LogP contribution >= 0.6 is 11.6 Å². The summed E-state index contributed by atoms with van der Waals surface area (Å²) in [6.45, 7) is 8.47. The molecule has 114 valence electrons. The van der Waals surface area contributed by atoms with Crippen molar-refractivity contribution in [1.82, 2.24) is 4.90 Å². The highest BCUT2D eigenvalue weighted by Gasteiger charge is 2.35. The van der Waals surface area contributed by atoms with E-state index in [1.165, 1.54) is 0 Å². The summed E-state index contributed by atoms with van der Waals surface area (Å²) in [5.41, 5.74) is 1.77. The summed E-state index contributed by atoms with van der Waals surface area (Å²) in [6, 6.07) is 5.17. The lowest BCUT2D eigenvalue weighted by Crippen LogP contribution is -2.58. The second-order valence-corrected chi connectivity index (χ2v) is 6.19.